The Morgan fingerprint density at radius 2 is 2.00 bits per heavy atom. The molecule has 0 radical (unpaired) electrons. The molecule has 1 heterocycles. The number of methoxy groups -OCH3 is 1. The van der Waals surface area contributed by atoms with Gasteiger partial charge in [0.2, 0.25) is 0 Å². The minimum absolute atomic E-state index is 0.160. The van der Waals surface area contributed by atoms with Crippen molar-refractivity contribution in [1.82, 2.24) is 4.90 Å². The number of carbonyl (C=O) groups is 1. The number of piperidine rings is 1. The van der Waals surface area contributed by atoms with E-state index in [2.05, 4.69) is 0 Å². The van der Waals surface area contributed by atoms with E-state index in [0.717, 1.165) is 12.8 Å². The van der Waals surface area contributed by atoms with Gasteiger partial charge in [-0.05, 0) is 30.9 Å². The Hall–Kier alpha value is -1.46. The van der Waals surface area contributed by atoms with E-state index in [9.17, 15) is 9.18 Å². The van der Waals surface area contributed by atoms with Crippen molar-refractivity contribution in [2.45, 2.75) is 12.8 Å². The van der Waals surface area contributed by atoms with Crippen molar-refractivity contribution in [2.24, 2.45) is 5.92 Å². The van der Waals surface area contributed by atoms with Gasteiger partial charge in [-0.2, -0.15) is 0 Å². The minimum Gasteiger partial charge on any atom is -0.382 e. The fourth-order valence-electron chi connectivity index (χ4n) is 2.50. The van der Waals surface area contributed by atoms with Gasteiger partial charge < -0.3 is 14.4 Å². The predicted molar refractivity (Wildman–Crippen MR) is 77.7 cm³/mol. The maximum Gasteiger partial charge on any atom is 0.256 e. The van der Waals surface area contributed by atoms with E-state index in [1.54, 1.807) is 24.1 Å². The minimum atomic E-state index is -0.451. The largest absolute Gasteiger partial charge is 0.382 e. The Bertz CT molecular complexity index is 459. The average molecular weight is 295 g/mol. The lowest BCUT2D eigenvalue weighted by atomic mass is 9.97. The van der Waals surface area contributed by atoms with Crippen LogP contribution in [0.25, 0.3) is 0 Å². The summed E-state index contributed by atoms with van der Waals surface area (Å²) in [7, 11) is 1.65. The molecule has 1 aliphatic rings. The summed E-state index contributed by atoms with van der Waals surface area (Å²) in [5, 5.41) is 0. The lowest BCUT2D eigenvalue weighted by molar-refractivity contribution is 0.0326. The summed E-state index contributed by atoms with van der Waals surface area (Å²) in [5.41, 5.74) is 0.160. The Morgan fingerprint density at radius 3 is 2.67 bits per heavy atom. The molecule has 1 amide bonds. The molecular weight excluding hydrogens is 273 g/mol. The second kappa shape index (κ2) is 8.10. The smallest absolute Gasteiger partial charge is 0.256 e. The third-order valence-electron chi connectivity index (χ3n) is 3.79. The van der Waals surface area contributed by atoms with Gasteiger partial charge in [0, 0.05) is 26.8 Å². The highest BCUT2D eigenvalue weighted by Crippen LogP contribution is 2.20. The third-order valence-corrected chi connectivity index (χ3v) is 3.79. The van der Waals surface area contributed by atoms with Gasteiger partial charge in [-0.3, -0.25) is 4.79 Å². The summed E-state index contributed by atoms with van der Waals surface area (Å²) in [5.74, 6) is -0.203. The van der Waals surface area contributed by atoms with Crippen LogP contribution in [0.4, 0.5) is 4.39 Å². The highest BCUT2D eigenvalue weighted by molar-refractivity contribution is 5.94. The predicted octanol–water partition coefficient (Wildman–Crippen LogP) is 2.34. The van der Waals surface area contributed by atoms with Crippen molar-refractivity contribution in [1.29, 1.82) is 0 Å². The van der Waals surface area contributed by atoms with Crippen LogP contribution in [0.3, 0.4) is 0 Å². The van der Waals surface area contributed by atoms with Crippen LogP contribution in [0.5, 0.6) is 0 Å². The van der Waals surface area contributed by atoms with Crippen molar-refractivity contribution < 1.29 is 18.7 Å². The molecule has 1 aromatic carbocycles. The van der Waals surface area contributed by atoms with Crippen molar-refractivity contribution >= 4 is 5.91 Å². The fraction of sp³-hybridized carbons (Fsp3) is 0.562. The van der Waals surface area contributed by atoms with Crippen molar-refractivity contribution in [3.63, 3.8) is 0 Å². The van der Waals surface area contributed by atoms with E-state index in [0.29, 0.717) is 38.8 Å². The van der Waals surface area contributed by atoms with Gasteiger partial charge in [-0.25, -0.2) is 4.39 Å². The van der Waals surface area contributed by atoms with Crippen molar-refractivity contribution in [2.75, 3.05) is 40.0 Å². The van der Waals surface area contributed by atoms with Gasteiger partial charge in [0.05, 0.1) is 18.8 Å². The zero-order chi connectivity index (χ0) is 15.1. The molecule has 0 unspecified atom stereocenters. The van der Waals surface area contributed by atoms with E-state index in [-0.39, 0.29) is 11.5 Å². The lowest BCUT2D eigenvalue weighted by Crippen LogP contribution is -2.39. The molecule has 1 fully saturated rings. The van der Waals surface area contributed by atoms with Gasteiger partial charge in [-0.15, -0.1) is 0 Å². The molecule has 0 bridgehead atoms. The Balaban J connectivity index is 1.78. The average Bonchev–Trinajstić information content (AvgIpc) is 2.52. The topological polar surface area (TPSA) is 38.8 Å². The lowest BCUT2D eigenvalue weighted by Gasteiger charge is -2.32. The number of benzene rings is 1. The van der Waals surface area contributed by atoms with Crippen LogP contribution in [0.15, 0.2) is 24.3 Å². The Labute approximate surface area is 124 Å². The van der Waals surface area contributed by atoms with Crippen LogP contribution in [0.1, 0.15) is 23.2 Å². The second-order valence-electron chi connectivity index (χ2n) is 5.28. The summed E-state index contributed by atoms with van der Waals surface area (Å²) >= 11 is 0. The first-order valence-corrected chi connectivity index (χ1v) is 7.33. The molecular formula is C16H22FNO3. The van der Waals surface area contributed by atoms with Crippen LogP contribution in [-0.2, 0) is 9.47 Å². The number of carbonyl (C=O) groups excluding carboxylic acids is 1. The number of rotatable bonds is 6. The first kappa shape index (κ1) is 15.9. The van der Waals surface area contributed by atoms with Crippen LogP contribution >= 0.6 is 0 Å². The SMILES string of the molecule is COCCOCC1CCN(C(=O)c2ccccc2F)CC1. The zero-order valence-corrected chi connectivity index (χ0v) is 12.4. The molecule has 0 spiro atoms. The number of likely N-dealkylation sites (tertiary alicyclic amines) is 1. The monoisotopic (exact) mass is 295 g/mol. The third kappa shape index (κ3) is 4.51. The first-order chi connectivity index (χ1) is 10.2. The number of nitrogens with zero attached hydrogens (tertiary/aromatic N) is 1. The molecule has 21 heavy (non-hydrogen) atoms. The van der Waals surface area contributed by atoms with E-state index >= 15 is 0 Å². The first-order valence-electron chi connectivity index (χ1n) is 7.33. The van der Waals surface area contributed by atoms with Crippen LogP contribution in [0, 0.1) is 11.7 Å². The summed E-state index contributed by atoms with van der Waals surface area (Å²) in [6, 6.07) is 6.14. The highest BCUT2D eigenvalue weighted by atomic mass is 19.1. The number of amides is 1. The summed E-state index contributed by atoms with van der Waals surface area (Å²) in [6.45, 7) is 3.22. The number of ether oxygens (including phenoxy) is 2. The van der Waals surface area contributed by atoms with Gasteiger partial charge >= 0.3 is 0 Å². The maximum atomic E-state index is 13.6. The van der Waals surface area contributed by atoms with Gasteiger partial charge in [0.15, 0.2) is 0 Å². The molecule has 0 saturated carbocycles. The molecule has 1 saturated heterocycles. The normalized spacial score (nSPS) is 16.2. The molecule has 1 aliphatic heterocycles. The van der Waals surface area contributed by atoms with Crippen LogP contribution in [0.2, 0.25) is 0 Å². The van der Waals surface area contributed by atoms with Crippen LogP contribution in [-0.4, -0.2) is 50.8 Å². The quantitative estimate of drug-likeness (QED) is 0.756. The molecule has 1 aromatic rings. The molecule has 0 aromatic heterocycles. The number of halogens is 1. The summed E-state index contributed by atoms with van der Waals surface area (Å²) < 4.78 is 24.1. The van der Waals surface area contributed by atoms with Crippen molar-refractivity contribution in [3.05, 3.63) is 35.6 Å². The van der Waals surface area contributed by atoms with Gasteiger partial charge in [0.25, 0.3) is 5.91 Å². The zero-order valence-electron chi connectivity index (χ0n) is 12.4. The molecule has 116 valence electrons. The van der Waals surface area contributed by atoms with Gasteiger partial charge in [0.1, 0.15) is 5.82 Å². The van der Waals surface area contributed by atoms with E-state index in [1.807, 2.05) is 0 Å². The molecule has 2 rings (SSSR count). The van der Waals surface area contributed by atoms with E-state index in [4.69, 9.17) is 9.47 Å². The van der Waals surface area contributed by atoms with Crippen molar-refractivity contribution in [3.8, 4) is 0 Å². The van der Waals surface area contributed by atoms with Gasteiger partial charge in [-0.1, -0.05) is 12.1 Å². The number of hydrogen-bond acceptors (Lipinski definition) is 3. The van der Waals surface area contributed by atoms with E-state index in [1.165, 1.54) is 12.1 Å². The fourth-order valence-corrected chi connectivity index (χ4v) is 2.50. The second-order valence-corrected chi connectivity index (χ2v) is 5.28. The molecule has 5 heteroatoms. The standard InChI is InChI=1S/C16H22FNO3/c1-20-10-11-21-12-13-6-8-18(9-7-13)16(19)14-4-2-3-5-15(14)17/h2-5,13H,6-12H2,1H3. The van der Waals surface area contributed by atoms with Crippen LogP contribution < -0.4 is 0 Å². The molecule has 0 N–H and O–H groups in total. The van der Waals surface area contributed by atoms with E-state index < -0.39 is 5.82 Å². The number of hydrogen-bond donors (Lipinski definition) is 0. The highest BCUT2D eigenvalue weighted by Gasteiger charge is 2.25. The summed E-state index contributed by atoms with van der Waals surface area (Å²) in [4.78, 5) is 14.0. The molecule has 0 atom stereocenters. The summed E-state index contributed by atoms with van der Waals surface area (Å²) in [6.07, 6.45) is 1.79. The molecule has 4 nitrogen and oxygen atoms in total. The molecule has 0 aliphatic carbocycles. The Kier molecular flexibility index (Phi) is 6.14. The Morgan fingerprint density at radius 1 is 1.29 bits per heavy atom. The maximum absolute atomic E-state index is 13.6.